The largest absolute Gasteiger partial charge is 0.371 e. The van der Waals surface area contributed by atoms with E-state index >= 15 is 0 Å². The van der Waals surface area contributed by atoms with E-state index in [1.807, 2.05) is 48.3 Å². The number of anilines is 4. The maximum atomic E-state index is 12.0. The van der Waals surface area contributed by atoms with E-state index in [0.29, 0.717) is 16.9 Å². The van der Waals surface area contributed by atoms with Crippen LogP contribution in [0.2, 0.25) is 0 Å². The quantitative estimate of drug-likeness (QED) is 0.579. The molecule has 1 aliphatic rings. The molecule has 0 bridgehead atoms. The Labute approximate surface area is 190 Å². The van der Waals surface area contributed by atoms with Crippen LogP contribution in [0.4, 0.5) is 23.1 Å². The molecule has 1 N–H and O–H groups in total. The van der Waals surface area contributed by atoms with Crippen molar-refractivity contribution in [3.05, 3.63) is 66.9 Å². The summed E-state index contributed by atoms with van der Waals surface area (Å²) in [6.45, 7) is 3.45. The molecule has 0 amide bonds. The molecule has 2 aromatic carbocycles. The van der Waals surface area contributed by atoms with Crippen molar-refractivity contribution in [2.24, 2.45) is 0 Å². The summed E-state index contributed by atoms with van der Waals surface area (Å²) >= 11 is 0. The predicted molar refractivity (Wildman–Crippen MR) is 130 cm³/mol. The fourth-order valence-corrected chi connectivity index (χ4v) is 4.77. The number of piperidine rings is 1. The first kappa shape index (κ1) is 22.1. The minimum Gasteiger partial charge on any atom is -0.371 e. The number of sulfone groups is 1. The molecule has 32 heavy (non-hydrogen) atoms. The van der Waals surface area contributed by atoms with E-state index in [1.54, 1.807) is 25.3 Å². The lowest BCUT2D eigenvalue weighted by molar-refractivity contribution is 0.524. The zero-order chi connectivity index (χ0) is 22.6. The van der Waals surface area contributed by atoms with Crippen molar-refractivity contribution in [1.29, 1.82) is 0 Å². The van der Waals surface area contributed by atoms with Gasteiger partial charge >= 0.3 is 0 Å². The summed E-state index contributed by atoms with van der Waals surface area (Å²) in [6.07, 6.45) is 3.69. The average molecular weight is 452 g/mol. The molecule has 1 aromatic heterocycles. The monoisotopic (exact) mass is 451 g/mol. The van der Waals surface area contributed by atoms with E-state index in [-0.39, 0.29) is 5.75 Å². The maximum Gasteiger partial charge on any atom is 0.224 e. The fourth-order valence-electron chi connectivity index (χ4n) is 3.88. The molecule has 3 aromatic rings. The Bertz CT molecular complexity index is 1130. The molecule has 1 saturated heterocycles. The van der Waals surface area contributed by atoms with Gasteiger partial charge in [-0.05, 0) is 55.3 Å². The van der Waals surface area contributed by atoms with Crippen molar-refractivity contribution in [2.45, 2.75) is 30.7 Å². The van der Waals surface area contributed by atoms with E-state index in [1.165, 1.54) is 0 Å². The predicted octanol–water partition coefficient (Wildman–Crippen LogP) is 4.12. The van der Waals surface area contributed by atoms with E-state index in [0.717, 1.165) is 43.1 Å². The molecule has 0 saturated carbocycles. The van der Waals surface area contributed by atoms with Crippen LogP contribution in [0.15, 0.2) is 71.8 Å². The second-order valence-electron chi connectivity index (χ2n) is 7.94. The molecule has 1 fully saturated rings. The van der Waals surface area contributed by atoms with Crippen LogP contribution in [0.5, 0.6) is 0 Å². The van der Waals surface area contributed by atoms with Gasteiger partial charge in [-0.3, -0.25) is 0 Å². The number of benzene rings is 2. The Hall–Kier alpha value is -3.13. The molecular formula is C24H29N5O2S. The zero-order valence-corrected chi connectivity index (χ0v) is 19.3. The third-order valence-corrected chi connectivity index (χ3v) is 7.65. The van der Waals surface area contributed by atoms with Crippen molar-refractivity contribution in [3.63, 3.8) is 0 Å². The Morgan fingerprint density at radius 3 is 2.38 bits per heavy atom. The minimum atomic E-state index is -3.16. The van der Waals surface area contributed by atoms with Crippen LogP contribution in [0.25, 0.3) is 0 Å². The van der Waals surface area contributed by atoms with Crippen molar-refractivity contribution >= 4 is 33.0 Å². The van der Waals surface area contributed by atoms with Gasteiger partial charge in [0.15, 0.2) is 9.84 Å². The highest BCUT2D eigenvalue weighted by Crippen LogP contribution is 2.25. The second kappa shape index (κ2) is 9.56. The molecular weight excluding hydrogens is 422 g/mol. The van der Waals surface area contributed by atoms with E-state index in [4.69, 9.17) is 4.98 Å². The normalized spacial score (nSPS) is 14.9. The van der Waals surface area contributed by atoms with Gasteiger partial charge in [-0.2, -0.15) is 4.98 Å². The highest BCUT2D eigenvalue weighted by molar-refractivity contribution is 7.91. The van der Waals surface area contributed by atoms with Gasteiger partial charge in [0.1, 0.15) is 5.82 Å². The smallest absolute Gasteiger partial charge is 0.224 e. The Balaban J connectivity index is 1.35. The first-order valence-electron chi connectivity index (χ1n) is 10.9. The van der Waals surface area contributed by atoms with Gasteiger partial charge in [-0.15, -0.1) is 0 Å². The molecule has 0 unspecified atom stereocenters. The second-order valence-corrected chi connectivity index (χ2v) is 10.2. The molecule has 8 heteroatoms. The molecule has 168 valence electrons. The van der Waals surface area contributed by atoms with Crippen molar-refractivity contribution in [2.75, 3.05) is 41.0 Å². The average Bonchev–Trinajstić information content (AvgIpc) is 2.85. The summed E-state index contributed by atoms with van der Waals surface area (Å²) in [4.78, 5) is 13.8. The molecule has 7 nitrogen and oxygen atoms in total. The fraction of sp³-hybridized carbons (Fsp3) is 0.333. The highest BCUT2D eigenvalue weighted by atomic mass is 32.2. The SMILES string of the molecule is CCS(=O)(=O)c1ccc(N2CCC(Nc3nccc(N(C)c4ccccc4)n3)CC2)cc1. The molecule has 1 aliphatic heterocycles. The van der Waals surface area contributed by atoms with E-state index in [9.17, 15) is 8.42 Å². The van der Waals surface area contributed by atoms with E-state index in [2.05, 4.69) is 27.3 Å². The molecule has 4 rings (SSSR count). The van der Waals surface area contributed by atoms with Crippen molar-refractivity contribution in [1.82, 2.24) is 9.97 Å². The van der Waals surface area contributed by atoms with Gasteiger partial charge in [0.25, 0.3) is 0 Å². The Morgan fingerprint density at radius 1 is 1.03 bits per heavy atom. The Morgan fingerprint density at radius 2 is 1.72 bits per heavy atom. The molecule has 0 radical (unpaired) electrons. The topological polar surface area (TPSA) is 78.4 Å². The molecule has 0 atom stereocenters. The standard InChI is InChI=1S/C24H29N5O2S/c1-3-32(30,31)22-11-9-21(10-12-22)29-17-14-19(15-18-29)26-24-25-16-13-23(27-24)28(2)20-7-5-4-6-8-20/h4-13,16,19H,3,14-15,17-18H2,1-2H3,(H,25,26,27). The van der Waals surface area contributed by atoms with Gasteiger partial charge in [0.2, 0.25) is 5.95 Å². The number of aromatic nitrogens is 2. The summed E-state index contributed by atoms with van der Waals surface area (Å²) in [7, 11) is -1.17. The number of hydrogen-bond donors (Lipinski definition) is 1. The van der Waals surface area contributed by atoms with Crippen LogP contribution in [-0.4, -0.2) is 50.3 Å². The molecule has 2 heterocycles. The summed E-state index contributed by atoms with van der Waals surface area (Å²) in [5.74, 6) is 1.60. The van der Waals surface area contributed by atoms with Crippen LogP contribution >= 0.6 is 0 Å². The van der Waals surface area contributed by atoms with Crippen LogP contribution < -0.4 is 15.1 Å². The molecule has 0 aliphatic carbocycles. The first-order valence-corrected chi connectivity index (χ1v) is 12.6. The summed E-state index contributed by atoms with van der Waals surface area (Å²) < 4.78 is 24.0. The molecule has 0 spiro atoms. The number of hydrogen-bond acceptors (Lipinski definition) is 7. The lowest BCUT2D eigenvalue weighted by atomic mass is 10.0. The summed E-state index contributed by atoms with van der Waals surface area (Å²) in [5, 5.41) is 3.48. The highest BCUT2D eigenvalue weighted by Gasteiger charge is 2.21. The van der Waals surface area contributed by atoms with Gasteiger partial charge in [-0.25, -0.2) is 13.4 Å². The number of nitrogens with one attached hydrogen (secondary N) is 1. The summed E-state index contributed by atoms with van der Waals surface area (Å²) in [6, 6.07) is 19.5. The van der Waals surface area contributed by atoms with Gasteiger partial charge in [0, 0.05) is 43.8 Å². The third kappa shape index (κ3) is 5.02. The van der Waals surface area contributed by atoms with Crippen molar-refractivity contribution in [3.8, 4) is 0 Å². The third-order valence-electron chi connectivity index (χ3n) is 5.90. The first-order chi connectivity index (χ1) is 15.5. The van der Waals surface area contributed by atoms with Crippen LogP contribution in [0.3, 0.4) is 0 Å². The van der Waals surface area contributed by atoms with Gasteiger partial charge in [-0.1, -0.05) is 25.1 Å². The number of nitrogens with zero attached hydrogens (tertiary/aromatic N) is 4. The van der Waals surface area contributed by atoms with Crippen LogP contribution in [0, 0.1) is 0 Å². The number of rotatable bonds is 7. The lowest BCUT2D eigenvalue weighted by Crippen LogP contribution is -2.39. The van der Waals surface area contributed by atoms with Crippen LogP contribution in [0.1, 0.15) is 19.8 Å². The Kier molecular flexibility index (Phi) is 6.60. The van der Waals surface area contributed by atoms with Crippen LogP contribution in [-0.2, 0) is 9.84 Å². The van der Waals surface area contributed by atoms with E-state index < -0.39 is 9.84 Å². The van der Waals surface area contributed by atoms with Gasteiger partial charge < -0.3 is 15.1 Å². The van der Waals surface area contributed by atoms with Crippen molar-refractivity contribution < 1.29 is 8.42 Å². The van der Waals surface area contributed by atoms with Gasteiger partial charge in [0.05, 0.1) is 10.6 Å². The summed E-state index contributed by atoms with van der Waals surface area (Å²) in [5.41, 5.74) is 2.13. The zero-order valence-electron chi connectivity index (χ0n) is 18.5. The lowest BCUT2D eigenvalue weighted by Gasteiger charge is -2.34. The maximum absolute atomic E-state index is 12.0. The number of para-hydroxylation sites is 1. The minimum absolute atomic E-state index is 0.119.